The van der Waals surface area contributed by atoms with Crippen molar-refractivity contribution in [1.82, 2.24) is 0 Å². The van der Waals surface area contributed by atoms with Gasteiger partial charge in [0.2, 0.25) is 0 Å². The van der Waals surface area contributed by atoms with E-state index in [-0.39, 0.29) is 13.0 Å². The van der Waals surface area contributed by atoms with Crippen LogP contribution >= 0.6 is 10.7 Å². The van der Waals surface area contributed by atoms with Crippen LogP contribution in [0.3, 0.4) is 0 Å². The fraction of sp³-hybridized carbons (Fsp3) is 0.462. The predicted octanol–water partition coefficient (Wildman–Crippen LogP) is 2.77. The van der Waals surface area contributed by atoms with Crippen LogP contribution in [0.4, 0.5) is 0 Å². The van der Waals surface area contributed by atoms with Crippen molar-refractivity contribution >= 4 is 26.0 Å². The Morgan fingerprint density at radius 1 is 1.35 bits per heavy atom. The maximum Gasteiger partial charge on any atom is 0.355 e. The number of carbonyl (C=O) groups is 1. The van der Waals surface area contributed by atoms with E-state index in [4.69, 9.17) is 10.7 Å². The van der Waals surface area contributed by atoms with Crippen LogP contribution in [-0.4, -0.2) is 26.1 Å². The number of carboxylic acids is 1. The summed E-state index contributed by atoms with van der Waals surface area (Å²) in [6.07, 6.45) is 0.235. The number of benzene rings is 1. The third kappa shape index (κ3) is 5.90. The lowest BCUT2D eigenvalue weighted by molar-refractivity contribution is -0.139. The fourth-order valence-electron chi connectivity index (χ4n) is 1.87. The second-order valence-electron chi connectivity index (χ2n) is 5.33. The summed E-state index contributed by atoms with van der Waals surface area (Å²) >= 11 is 0. The zero-order valence-electron chi connectivity index (χ0n) is 11.2. The molecule has 0 aliphatic carbocycles. The van der Waals surface area contributed by atoms with Gasteiger partial charge in [-0.15, -0.1) is 0 Å². The zero-order chi connectivity index (χ0) is 15.4. The largest absolute Gasteiger partial charge is 0.481 e. The van der Waals surface area contributed by atoms with E-state index < -0.39 is 26.6 Å². The molecule has 0 spiro atoms. The van der Waals surface area contributed by atoms with Crippen molar-refractivity contribution in [3.05, 3.63) is 35.9 Å². The highest BCUT2D eigenvalue weighted by molar-refractivity contribution is 8.09. The molecule has 1 aromatic rings. The van der Waals surface area contributed by atoms with E-state index in [0.717, 1.165) is 0 Å². The molecule has 7 heteroatoms. The molecule has 1 aromatic carbocycles. The van der Waals surface area contributed by atoms with E-state index in [0.29, 0.717) is 5.56 Å². The number of halogens is 1. The molecule has 0 fully saturated rings. The molecular weight excluding hydrogens is 304 g/mol. The highest BCUT2D eigenvalue weighted by Crippen LogP contribution is 2.32. The Morgan fingerprint density at radius 2 is 1.90 bits per heavy atom. The first kappa shape index (κ1) is 16.9. The Kier molecular flexibility index (Phi) is 5.56. The van der Waals surface area contributed by atoms with Crippen molar-refractivity contribution in [2.45, 2.75) is 26.2 Å². The summed E-state index contributed by atoms with van der Waals surface area (Å²) in [5, 5.41) is 9.33. The quantitative estimate of drug-likeness (QED) is 0.781. The fourth-order valence-corrected chi connectivity index (χ4v) is 2.47. The van der Waals surface area contributed by atoms with Crippen LogP contribution in [0, 0.1) is 5.41 Å². The minimum Gasteiger partial charge on any atom is -0.481 e. The molecule has 0 heterocycles. The third-order valence-corrected chi connectivity index (χ3v) is 3.51. The van der Waals surface area contributed by atoms with E-state index in [1.54, 1.807) is 44.2 Å². The van der Waals surface area contributed by atoms with Gasteiger partial charge in [0.1, 0.15) is 0 Å². The van der Waals surface area contributed by atoms with Gasteiger partial charge in [-0.2, -0.15) is 8.42 Å². The number of hydrogen-bond donors (Lipinski definition) is 1. The van der Waals surface area contributed by atoms with Crippen molar-refractivity contribution in [2.24, 2.45) is 5.41 Å². The third-order valence-electron chi connectivity index (χ3n) is 2.85. The predicted molar refractivity (Wildman–Crippen MR) is 75.9 cm³/mol. The van der Waals surface area contributed by atoms with Gasteiger partial charge in [0.05, 0.1) is 12.5 Å². The highest BCUT2D eigenvalue weighted by atomic mass is 35.7. The van der Waals surface area contributed by atoms with Gasteiger partial charge in [-0.25, -0.2) is 0 Å². The average molecular weight is 321 g/mol. The Balaban J connectivity index is 2.83. The molecule has 0 aliphatic heterocycles. The first-order valence-electron chi connectivity index (χ1n) is 5.97. The summed E-state index contributed by atoms with van der Waals surface area (Å²) in [7, 11) is 0.936. The van der Waals surface area contributed by atoms with Gasteiger partial charge in [0.15, 0.2) is 0 Å². The lowest BCUT2D eigenvalue weighted by Gasteiger charge is -2.27. The van der Waals surface area contributed by atoms with Crippen molar-refractivity contribution in [3.8, 4) is 0 Å². The maximum absolute atomic E-state index is 11.4. The summed E-state index contributed by atoms with van der Waals surface area (Å²) < 4.78 is 26.1. The highest BCUT2D eigenvalue weighted by Gasteiger charge is 2.30. The van der Waals surface area contributed by atoms with Gasteiger partial charge in [-0.1, -0.05) is 44.2 Å². The SMILES string of the molecule is CC(C)(COS(=O)(=O)Cl)CC(C(=O)O)c1ccccc1. The minimum absolute atomic E-state index is 0.171. The number of rotatable bonds is 7. The molecule has 0 bridgehead atoms. The lowest BCUT2D eigenvalue weighted by Crippen LogP contribution is -2.26. The molecule has 0 aromatic heterocycles. The molecule has 5 nitrogen and oxygen atoms in total. The number of carboxylic acid groups (broad SMARTS) is 1. The Morgan fingerprint density at radius 3 is 2.35 bits per heavy atom. The van der Waals surface area contributed by atoms with Crippen LogP contribution in [0.2, 0.25) is 0 Å². The van der Waals surface area contributed by atoms with Crippen LogP contribution in [0.25, 0.3) is 0 Å². The summed E-state index contributed by atoms with van der Waals surface area (Å²) in [5.74, 6) is -1.69. The van der Waals surface area contributed by atoms with Crippen LogP contribution < -0.4 is 0 Å². The molecule has 1 rings (SSSR count). The summed E-state index contributed by atoms with van der Waals surface area (Å²) in [6.45, 7) is 3.29. The molecule has 0 radical (unpaired) electrons. The maximum atomic E-state index is 11.4. The standard InChI is InChI=1S/C13H17ClO5S/c1-13(2,9-19-20(14,17)18)8-11(12(15)16)10-6-4-3-5-7-10/h3-7,11H,8-9H2,1-2H3,(H,15,16). The molecule has 1 unspecified atom stereocenters. The second-order valence-corrected chi connectivity index (χ2v) is 7.48. The molecule has 0 amide bonds. The van der Waals surface area contributed by atoms with Gasteiger partial charge in [-0.3, -0.25) is 8.98 Å². The average Bonchev–Trinajstić information content (AvgIpc) is 2.34. The second kappa shape index (κ2) is 6.56. The van der Waals surface area contributed by atoms with Crippen molar-refractivity contribution < 1.29 is 22.5 Å². The van der Waals surface area contributed by atoms with E-state index in [9.17, 15) is 18.3 Å². The van der Waals surface area contributed by atoms with E-state index in [1.807, 2.05) is 0 Å². The van der Waals surface area contributed by atoms with E-state index in [1.165, 1.54) is 0 Å². The molecular formula is C13H17ClO5S. The number of aliphatic carboxylic acids is 1. The van der Waals surface area contributed by atoms with Crippen molar-refractivity contribution in [3.63, 3.8) is 0 Å². The zero-order valence-corrected chi connectivity index (χ0v) is 12.8. The molecule has 112 valence electrons. The van der Waals surface area contributed by atoms with Gasteiger partial charge in [0.25, 0.3) is 0 Å². The normalized spacial score (nSPS) is 13.9. The van der Waals surface area contributed by atoms with Gasteiger partial charge in [0, 0.05) is 10.7 Å². The minimum atomic E-state index is -4.05. The van der Waals surface area contributed by atoms with Gasteiger partial charge >= 0.3 is 15.3 Å². The van der Waals surface area contributed by atoms with Crippen LogP contribution in [0.1, 0.15) is 31.7 Å². The van der Waals surface area contributed by atoms with Crippen LogP contribution in [0.5, 0.6) is 0 Å². The van der Waals surface area contributed by atoms with Crippen LogP contribution in [-0.2, 0) is 18.3 Å². The van der Waals surface area contributed by atoms with E-state index in [2.05, 4.69) is 4.18 Å². The Hall–Kier alpha value is -1.11. The van der Waals surface area contributed by atoms with Crippen molar-refractivity contribution in [1.29, 1.82) is 0 Å². The monoisotopic (exact) mass is 320 g/mol. The number of hydrogen-bond acceptors (Lipinski definition) is 4. The smallest absolute Gasteiger partial charge is 0.355 e. The molecule has 1 N–H and O–H groups in total. The lowest BCUT2D eigenvalue weighted by atomic mass is 9.80. The molecule has 0 saturated heterocycles. The van der Waals surface area contributed by atoms with Crippen molar-refractivity contribution in [2.75, 3.05) is 6.61 Å². The molecule has 0 aliphatic rings. The first-order chi connectivity index (χ1) is 9.11. The molecule has 0 saturated carbocycles. The first-order valence-corrected chi connectivity index (χ1v) is 8.21. The van der Waals surface area contributed by atoms with E-state index >= 15 is 0 Å². The van der Waals surface area contributed by atoms with Gasteiger partial charge in [-0.05, 0) is 17.4 Å². The summed E-state index contributed by atoms with van der Waals surface area (Å²) in [6, 6.07) is 8.79. The molecule has 20 heavy (non-hydrogen) atoms. The summed E-state index contributed by atoms with van der Waals surface area (Å²) in [5.41, 5.74) is 0.0164. The summed E-state index contributed by atoms with van der Waals surface area (Å²) in [4.78, 5) is 11.4. The Bertz CT molecular complexity index is 553. The van der Waals surface area contributed by atoms with Crippen LogP contribution in [0.15, 0.2) is 30.3 Å². The van der Waals surface area contributed by atoms with Gasteiger partial charge < -0.3 is 5.11 Å². The molecule has 1 atom stereocenters. The Labute approximate surface area is 123 Å². The topological polar surface area (TPSA) is 80.7 Å².